The van der Waals surface area contributed by atoms with Gasteiger partial charge in [-0.15, -0.1) is 0 Å². The fourth-order valence-electron chi connectivity index (χ4n) is 9.05. The zero-order chi connectivity index (χ0) is 35.6. The van der Waals surface area contributed by atoms with E-state index in [-0.39, 0.29) is 0 Å². The van der Waals surface area contributed by atoms with Crippen molar-refractivity contribution in [1.29, 1.82) is 0 Å². The SMILES string of the molecule is C1=Cc2cc(-c3c4cccc(-c5ccc6ccccc6c5)c4c(-c4ccc5ccccc5c4)c4c(-c5ccc6ccccc6c5)cccc34)ccc2CC1. The molecule has 10 aromatic rings. The third-order valence-corrected chi connectivity index (χ3v) is 11.6. The molecule has 1 aliphatic rings. The van der Waals surface area contributed by atoms with Crippen LogP contribution in [0, 0.1) is 0 Å². The minimum Gasteiger partial charge on any atom is -0.0836 e. The predicted octanol–water partition coefficient (Wildman–Crippen LogP) is 15.1. The zero-order valence-electron chi connectivity index (χ0n) is 29.9. The molecule has 0 spiro atoms. The summed E-state index contributed by atoms with van der Waals surface area (Å²) in [5, 5.41) is 12.6. The molecule has 0 aromatic heterocycles. The van der Waals surface area contributed by atoms with Gasteiger partial charge in [-0.2, -0.15) is 0 Å². The third-order valence-electron chi connectivity index (χ3n) is 11.6. The zero-order valence-corrected chi connectivity index (χ0v) is 29.9. The Morgan fingerprint density at radius 1 is 0.333 bits per heavy atom. The largest absolute Gasteiger partial charge is 0.0836 e. The molecular weight excluding hydrogens is 649 g/mol. The lowest BCUT2D eigenvalue weighted by Crippen LogP contribution is -1.97. The van der Waals surface area contributed by atoms with Crippen LogP contribution in [0.2, 0.25) is 0 Å². The Bertz CT molecular complexity index is 3020. The minimum atomic E-state index is 1.09. The monoisotopic (exact) mass is 684 g/mol. The standard InChI is InChI=1S/C54H36/c1-5-15-39-31-43(27-23-35(39)11-1)47-19-9-21-49-51(45-29-25-37-13-3-7-17-41(37)33-45)50-22-10-20-48(44-28-24-36-12-2-6-16-40(36)32-44)54(50)52(53(47)49)46-30-26-38-14-4-8-18-42(38)34-46/h1-2,4-12,14-34H,3,13H2. The summed E-state index contributed by atoms with van der Waals surface area (Å²) >= 11 is 0. The molecule has 0 radical (unpaired) electrons. The summed E-state index contributed by atoms with van der Waals surface area (Å²) in [7, 11) is 0. The summed E-state index contributed by atoms with van der Waals surface area (Å²) in [6.07, 6.45) is 6.83. The van der Waals surface area contributed by atoms with Crippen LogP contribution in [0.25, 0.3) is 104 Å². The molecule has 252 valence electrons. The maximum atomic E-state index is 2.43. The van der Waals surface area contributed by atoms with Crippen molar-refractivity contribution in [1.82, 2.24) is 0 Å². The van der Waals surface area contributed by atoms with Crippen LogP contribution >= 0.6 is 0 Å². The van der Waals surface area contributed by atoms with Crippen LogP contribution in [-0.2, 0) is 6.42 Å². The number of benzene rings is 10. The molecule has 0 saturated heterocycles. The summed E-state index contributed by atoms with van der Waals surface area (Å²) in [5.74, 6) is 0. The first kappa shape index (κ1) is 30.8. The van der Waals surface area contributed by atoms with Crippen LogP contribution in [0.1, 0.15) is 17.5 Å². The molecule has 0 atom stereocenters. The molecular formula is C54H36. The average molecular weight is 685 g/mol. The van der Waals surface area contributed by atoms with Gasteiger partial charge in [-0.05, 0) is 147 Å². The third kappa shape index (κ3) is 4.99. The van der Waals surface area contributed by atoms with Crippen LogP contribution < -0.4 is 0 Å². The highest BCUT2D eigenvalue weighted by atomic mass is 14.3. The fourth-order valence-corrected chi connectivity index (χ4v) is 9.05. The normalized spacial score (nSPS) is 12.6. The Morgan fingerprint density at radius 3 is 1.35 bits per heavy atom. The van der Waals surface area contributed by atoms with Crippen molar-refractivity contribution >= 4 is 59.9 Å². The summed E-state index contributed by atoms with van der Waals surface area (Å²) in [4.78, 5) is 0. The van der Waals surface area contributed by atoms with Gasteiger partial charge in [-0.1, -0.05) is 170 Å². The van der Waals surface area contributed by atoms with Crippen molar-refractivity contribution in [3.8, 4) is 44.5 Å². The lowest BCUT2D eigenvalue weighted by molar-refractivity contribution is 0.986. The molecule has 0 fully saturated rings. The highest BCUT2D eigenvalue weighted by molar-refractivity contribution is 6.28. The first-order valence-electron chi connectivity index (χ1n) is 19.1. The number of aryl methyl sites for hydroxylation is 1. The Kier molecular flexibility index (Phi) is 7.10. The average Bonchev–Trinajstić information content (AvgIpc) is 3.24. The molecule has 0 bridgehead atoms. The number of rotatable bonds is 4. The maximum Gasteiger partial charge on any atom is -0.00137 e. The van der Waals surface area contributed by atoms with E-state index < -0.39 is 0 Å². The van der Waals surface area contributed by atoms with Gasteiger partial charge >= 0.3 is 0 Å². The van der Waals surface area contributed by atoms with E-state index in [1.807, 2.05) is 0 Å². The van der Waals surface area contributed by atoms with Crippen LogP contribution in [-0.4, -0.2) is 0 Å². The van der Waals surface area contributed by atoms with Gasteiger partial charge in [0, 0.05) is 0 Å². The molecule has 0 nitrogen and oxygen atoms in total. The molecule has 0 aliphatic heterocycles. The van der Waals surface area contributed by atoms with Gasteiger partial charge in [0.15, 0.2) is 0 Å². The smallest absolute Gasteiger partial charge is 0.00137 e. The number of hydrogen-bond acceptors (Lipinski definition) is 0. The molecule has 11 rings (SSSR count). The van der Waals surface area contributed by atoms with Gasteiger partial charge in [0.25, 0.3) is 0 Å². The highest BCUT2D eigenvalue weighted by Gasteiger charge is 2.23. The Balaban J connectivity index is 1.34. The van der Waals surface area contributed by atoms with Crippen LogP contribution in [0.15, 0.2) is 188 Å². The quantitative estimate of drug-likeness (QED) is 0.162. The van der Waals surface area contributed by atoms with Crippen molar-refractivity contribution in [3.63, 3.8) is 0 Å². The number of fused-ring (bicyclic) bond motifs is 6. The molecule has 0 N–H and O–H groups in total. The second-order valence-corrected chi connectivity index (χ2v) is 14.7. The van der Waals surface area contributed by atoms with Crippen molar-refractivity contribution in [2.24, 2.45) is 0 Å². The van der Waals surface area contributed by atoms with E-state index in [1.165, 1.54) is 109 Å². The summed E-state index contributed by atoms with van der Waals surface area (Å²) in [6, 6.07) is 68.2. The summed E-state index contributed by atoms with van der Waals surface area (Å²) in [5.41, 5.74) is 12.7. The van der Waals surface area contributed by atoms with Gasteiger partial charge in [0.2, 0.25) is 0 Å². The van der Waals surface area contributed by atoms with E-state index in [2.05, 4.69) is 194 Å². The summed E-state index contributed by atoms with van der Waals surface area (Å²) in [6.45, 7) is 0. The van der Waals surface area contributed by atoms with Gasteiger partial charge < -0.3 is 0 Å². The van der Waals surface area contributed by atoms with Gasteiger partial charge in [-0.3, -0.25) is 0 Å². The number of allylic oxidation sites excluding steroid dienone is 1. The molecule has 54 heavy (non-hydrogen) atoms. The highest BCUT2D eigenvalue weighted by Crippen LogP contribution is 2.50. The van der Waals surface area contributed by atoms with Crippen molar-refractivity contribution in [2.45, 2.75) is 12.8 Å². The fraction of sp³-hybridized carbons (Fsp3) is 0.0370. The predicted molar refractivity (Wildman–Crippen MR) is 233 cm³/mol. The van der Waals surface area contributed by atoms with Gasteiger partial charge in [0.05, 0.1) is 0 Å². The Hall–Kier alpha value is -6.76. The maximum absolute atomic E-state index is 2.43. The lowest BCUT2D eigenvalue weighted by atomic mass is 9.80. The van der Waals surface area contributed by atoms with Crippen LogP contribution in [0.4, 0.5) is 0 Å². The van der Waals surface area contributed by atoms with E-state index in [0.717, 1.165) is 12.8 Å². The molecule has 10 aromatic carbocycles. The first-order valence-corrected chi connectivity index (χ1v) is 19.1. The Morgan fingerprint density at radius 2 is 0.796 bits per heavy atom. The minimum absolute atomic E-state index is 1.09. The first-order chi connectivity index (χ1) is 26.8. The molecule has 0 saturated carbocycles. The Labute approximate surface area is 315 Å². The number of hydrogen-bond donors (Lipinski definition) is 0. The summed E-state index contributed by atoms with van der Waals surface area (Å²) < 4.78 is 0. The van der Waals surface area contributed by atoms with Gasteiger partial charge in [-0.25, -0.2) is 0 Å². The van der Waals surface area contributed by atoms with Crippen LogP contribution in [0.3, 0.4) is 0 Å². The molecule has 0 amide bonds. The van der Waals surface area contributed by atoms with E-state index in [0.29, 0.717) is 0 Å². The lowest BCUT2D eigenvalue weighted by Gasteiger charge is -2.23. The van der Waals surface area contributed by atoms with Crippen LogP contribution in [0.5, 0.6) is 0 Å². The van der Waals surface area contributed by atoms with Crippen molar-refractivity contribution < 1.29 is 0 Å². The molecule has 1 aliphatic carbocycles. The topological polar surface area (TPSA) is 0 Å². The van der Waals surface area contributed by atoms with E-state index in [9.17, 15) is 0 Å². The second-order valence-electron chi connectivity index (χ2n) is 14.7. The van der Waals surface area contributed by atoms with Crippen molar-refractivity contribution in [2.75, 3.05) is 0 Å². The molecule has 0 unspecified atom stereocenters. The van der Waals surface area contributed by atoms with E-state index in [4.69, 9.17) is 0 Å². The molecule has 0 heterocycles. The van der Waals surface area contributed by atoms with Gasteiger partial charge in [0.1, 0.15) is 0 Å². The second kappa shape index (κ2) is 12.4. The van der Waals surface area contributed by atoms with Crippen molar-refractivity contribution in [3.05, 3.63) is 199 Å². The van der Waals surface area contributed by atoms with E-state index >= 15 is 0 Å². The molecule has 0 heteroatoms. The van der Waals surface area contributed by atoms with E-state index in [1.54, 1.807) is 0 Å².